The summed E-state index contributed by atoms with van der Waals surface area (Å²) >= 11 is 0. The van der Waals surface area contributed by atoms with E-state index in [1.807, 2.05) is 0 Å². The van der Waals surface area contributed by atoms with Gasteiger partial charge in [0.2, 0.25) is 0 Å². The van der Waals surface area contributed by atoms with Crippen molar-refractivity contribution in [2.24, 2.45) is 0 Å². The van der Waals surface area contributed by atoms with Crippen molar-refractivity contribution in [1.82, 2.24) is 0 Å². The molecule has 0 fully saturated rings. The van der Waals surface area contributed by atoms with Crippen LogP contribution < -0.4 is 0 Å². The molecule has 15 heavy (non-hydrogen) atoms. The number of carbonyl (C=O) groups is 1. The highest BCUT2D eigenvalue weighted by atomic mass is 31.2. The van der Waals surface area contributed by atoms with Gasteiger partial charge < -0.3 is 9.05 Å². The highest BCUT2D eigenvalue weighted by molar-refractivity contribution is 7.60. The second-order valence-corrected chi connectivity index (χ2v) is 4.92. The molecule has 0 spiro atoms. The van der Waals surface area contributed by atoms with Gasteiger partial charge in [-0.1, -0.05) is 12.2 Å². The largest absolute Gasteiger partial charge is 0.364 e. The summed E-state index contributed by atoms with van der Waals surface area (Å²) in [6.45, 7) is 3.95. The highest BCUT2D eigenvalue weighted by Crippen LogP contribution is 2.56. The van der Waals surface area contributed by atoms with Gasteiger partial charge in [0.25, 0.3) is 0 Å². The van der Waals surface area contributed by atoms with Crippen LogP contribution >= 0.6 is 7.60 Å². The summed E-state index contributed by atoms with van der Waals surface area (Å²) in [7, 11) is -3.39. The Hall–Kier alpha value is -0.700. The van der Waals surface area contributed by atoms with E-state index in [4.69, 9.17) is 9.05 Å². The minimum Gasteiger partial charge on any atom is -0.305 e. The van der Waals surface area contributed by atoms with Crippen LogP contribution in [0, 0.1) is 0 Å². The minimum absolute atomic E-state index is 0.161. The standard InChI is InChI=1S/C10H15O4P/c1-3-13-15(12,14-4-2)10-8-6-5-7-9(10)11/h5,7-8H,3-4,6H2,1-2H3. The van der Waals surface area contributed by atoms with Crippen LogP contribution in [0.25, 0.3) is 0 Å². The maximum absolute atomic E-state index is 12.2. The lowest BCUT2D eigenvalue weighted by Crippen LogP contribution is -2.07. The third kappa shape index (κ3) is 2.88. The molecule has 0 unspecified atom stereocenters. The normalized spacial score (nSPS) is 16.7. The molecule has 0 heterocycles. The molecule has 0 saturated carbocycles. The predicted molar refractivity (Wildman–Crippen MR) is 57.7 cm³/mol. The van der Waals surface area contributed by atoms with Gasteiger partial charge in [-0.15, -0.1) is 0 Å². The number of allylic oxidation sites excluding steroid dienone is 4. The number of hydrogen-bond donors (Lipinski definition) is 0. The average Bonchev–Trinajstić information content (AvgIpc) is 2.19. The molecule has 1 rings (SSSR count). The summed E-state index contributed by atoms with van der Waals surface area (Å²) in [5.41, 5.74) is 0. The Morgan fingerprint density at radius 3 is 2.40 bits per heavy atom. The van der Waals surface area contributed by atoms with Crippen LogP contribution in [0.2, 0.25) is 0 Å². The van der Waals surface area contributed by atoms with Crippen LogP contribution in [0.3, 0.4) is 0 Å². The number of rotatable bonds is 5. The quantitative estimate of drug-likeness (QED) is 0.681. The van der Waals surface area contributed by atoms with Gasteiger partial charge in [-0.25, -0.2) is 0 Å². The SMILES string of the molecule is CCOP(=O)(OCC)C1=CCC=CC1=O. The molecule has 0 aliphatic heterocycles. The number of carbonyl (C=O) groups excluding carboxylic acids is 1. The highest BCUT2D eigenvalue weighted by Gasteiger charge is 2.33. The number of hydrogen-bond acceptors (Lipinski definition) is 4. The molecule has 0 amide bonds. The van der Waals surface area contributed by atoms with Crippen LogP contribution in [0.4, 0.5) is 0 Å². The van der Waals surface area contributed by atoms with Crippen molar-refractivity contribution in [3.63, 3.8) is 0 Å². The third-order valence-corrected chi connectivity index (χ3v) is 4.05. The van der Waals surface area contributed by atoms with E-state index in [0.29, 0.717) is 6.42 Å². The summed E-state index contributed by atoms with van der Waals surface area (Å²) in [5.74, 6) is -0.286. The first-order chi connectivity index (χ1) is 7.14. The second-order valence-electron chi connectivity index (χ2n) is 2.92. The smallest absolute Gasteiger partial charge is 0.305 e. The fraction of sp³-hybridized carbons (Fsp3) is 0.500. The van der Waals surface area contributed by atoms with Gasteiger partial charge in [-0.2, -0.15) is 0 Å². The molecule has 0 aromatic carbocycles. The second kappa shape index (κ2) is 5.40. The molecule has 84 valence electrons. The summed E-state index contributed by atoms with van der Waals surface area (Å²) in [5, 5.41) is 0.161. The summed E-state index contributed by atoms with van der Waals surface area (Å²) < 4.78 is 22.4. The first kappa shape index (κ1) is 12.4. The van der Waals surface area contributed by atoms with Gasteiger partial charge >= 0.3 is 7.60 Å². The lowest BCUT2D eigenvalue weighted by molar-refractivity contribution is -0.111. The fourth-order valence-corrected chi connectivity index (χ4v) is 3.01. The zero-order valence-corrected chi connectivity index (χ0v) is 9.83. The lowest BCUT2D eigenvalue weighted by atomic mass is 10.2. The van der Waals surface area contributed by atoms with Gasteiger partial charge in [0.05, 0.1) is 13.2 Å². The zero-order chi connectivity index (χ0) is 11.3. The molecular weight excluding hydrogens is 215 g/mol. The van der Waals surface area contributed by atoms with Crippen molar-refractivity contribution in [3.8, 4) is 0 Å². The van der Waals surface area contributed by atoms with E-state index in [9.17, 15) is 9.36 Å². The van der Waals surface area contributed by atoms with Crippen LogP contribution in [-0.2, 0) is 18.4 Å². The molecule has 0 aromatic heterocycles. The molecule has 5 heteroatoms. The van der Waals surface area contributed by atoms with E-state index < -0.39 is 7.60 Å². The van der Waals surface area contributed by atoms with Gasteiger partial charge in [-0.05, 0) is 26.3 Å². The van der Waals surface area contributed by atoms with E-state index >= 15 is 0 Å². The average molecular weight is 230 g/mol. The van der Waals surface area contributed by atoms with Crippen LogP contribution in [-0.4, -0.2) is 19.0 Å². The van der Waals surface area contributed by atoms with E-state index in [2.05, 4.69) is 0 Å². The van der Waals surface area contributed by atoms with Gasteiger partial charge in [0.15, 0.2) is 5.78 Å². The van der Waals surface area contributed by atoms with Gasteiger partial charge in [-0.3, -0.25) is 9.36 Å². The van der Waals surface area contributed by atoms with Crippen molar-refractivity contribution >= 4 is 13.4 Å². The van der Waals surface area contributed by atoms with Gasteiger partial charge in [0, 0.05) is 0 Å². The maximum Gasteiger partial charge on any atom is 0.364 e. The van der Waals surface area contributed by atoms with Crippen LogP contribution in [0.1, 0.15) is 20.3 Å². The van der Waals surface area contributed by atoms with Crippen LogP contribution in [0.15, 0.2) is 23.5 Å². The first-order valence-electron chi connectivity index (χ1n) is 4.94. The Morgan fingerprint density at radius 1 is 1.33 bits per heavy atom. The third-order valence-electron chi connectivity index (χ3n) is 1.86. The molecule has 0 bridgehead atoms. The molecule has 1 aliphatic rings. The monoisotopic (exact) mass is 230 g/mol. The Balaban J connectivity index is 2.94. The molecule has 4 nitrogen and oxygen atoms in total. The van der Waals surface area contributed by atoms with Crippen molar-refractivity contribution in [3.05, 3.63) is 23.5 Å². The molecule has 0 radical (unpaired) electrons. The van der Waals surface area contributed by atoms with E-state index in [1.165, 1.54) is 6.08 Å². The van der Waals surface area contributed by atoms with Crippen LogP contribution in [0.5, 0.6) is 0 Å². The van der Waals surface area contributed by atoms with E-state index in [1.54, 1.807) is 26.0 Å². The molecule has 0 N–H and O–H groups in total. The topological polar surface area (TPSA) is 52.6 Å². The van der Waals surface area contributed by atoms with Crippen molar-refractivity contribution < 1.29 is 18.4 Å². The summed E-state index contributed by atoms with van der Waals surface area (Å²) in [4.78, 5) is 11.5. The molecule has 0 saturated heterocycles. The predicted octanol–water partition coefficient (Wildman–Crippen LogP) is 2.67. The van der Waals surface area contributed by atoms with E-state index in [-0.39, 0.29) is 24.3 Å². The van der Waals surface area contributed by atoms with Crippen molar-refractivity contribution in [2.45, 2.75) is 20.3 Å². The summed E-state index contributed by atoms with van der Waals surface area (Å²) in [6.07, 6.45) is 5.31. The summed E-state index contributed by atoms with van der Waals surface area (Å²) in [6, 6.07) is 0. The minimum atomic E-state index is -3.39. The maximum atomic E-state index is 12.2. The molecular formula is C10H15O4P. The Bertz CT molecular complexity index is 333. The Morgan fingerprint density at radius 2 is 1.93 bits per heavy atom. The van der Waals surface area contributed by atoms with E-state index in [0.717, 1.165) is 0 Å². The zero-order valence-electron chi connectivity index (χ0n) is 8.93. The van der Waals surface area contributed by atoms with Gasteiger partial charge in [0.1, 0.15) is 5.31 Å². The molecule has 0 aromatic rings. The molecule has 0 atom stereocenters. The first-order valence-corrected chi connectivity index (χ1v) is 6.49. The molecule has 1 aliphatic carbocycles. The van der Waals surface area contributed by atoms with Crippen molar-refractivity contribution in [1.29, 1.82) is 0 Å². The Kier molecular flexibility index (Phi) is 4.45. The lowest BCUT2D eigenvalue weighted by Gasteiger charge is -2.19. The van der Waals surface area contributed by atoms with Crippen molar-refractivity contribution in [2.75, 3.05) is 13.2 Å². The number of ketones is 1. The fourth-order valence-electron chi connectivity index (χ4n) is 1.30. The Labute approximate surface area is 89.5 Å².